The van der Waals surface area contributed by atoms with E-state index in [0.29, 0.717) is 17.5 Å². The molecule has 0 saturated heterocycles. The van der Waals surface area contributed by atoms with Crippen LogP contribution in [-0.4, -0.2) is 46.3 Å². The van der Waals surface area contributed by atoms with Crippen molar-refractivity contribution in [3.8, 4) is 0 Å². The Bertz CT molecular complexity index is 608. The zero-order chi connectivity index (χ0) is 17.6. The maximum absolute atomic E-state index is 12.0. The molecule has 128 valence electrons. The molecule has 0 aliphatic heterocycles. The Kier molecular flexibility index (Phi) is 6.90. The smallest absolute Gasteiger partial charge is 0.326 e. The molecule has 1 aromatic carbocycles. The van der Waals surface area contributed by atoms with Crippen LogP contribution in [0.25, 0.3) is 0 Å². The van der Waals surface area contributed by atoms with E-state index >= 15 is 0 Å². The fourth-order valence-corrected chi connectivity index (χ4v) is 3.05. The number of nitrogens with two attached hydrogens (primary N) is 2. The Morgan fingerprint density at radius 2 is 2.00 bits per heavy atom. The van der Waals surface area contributed by atoms with E-state index in [2.05, 4.69) is 5.32 Å². The van der Waals surface area contributed by atoms with E-state index in [4.69, 9.17) is 11.5 Å². The van der Waals surface area contributed by atoms with Gasteiger partial charge in [0, 0.05) is 5.69 Å². The zero-order valence-electron chi connectivity index (χ0n) is 12.8. The molecule has 0 bridgehead atoms. The number of benzene rings is 1. The summed E-state index contributed by atoms with van der Waals surface area (Å²) in [4.78, 5) is 31.9. The SMILES string of the molecule is CC(N)P(=O)(O)CC(Nc1ccccc1C[C@@H](N)C=O)C(=O)O. The van der Waals surface area contributed by atoms with E-state index < -0.39 is 37.4 Å². The van der Waals surface area contributed by atoms with Crippen molar-refractivity contribution in [2.24, 2.45) is 11.5 Å². The lowest BCUT2D eigenvalue weighted by molar-refractivity contribution is -0.137. The number of carboxylic acids is 1. The molecular formula is C14H22N3O5P. The lowest BCUT2D eigenvalue weighted by Crippen LogP contribution is -2.35. The summed E-state index contributed by atoms with van der Waals surface area (Å²) in [5, 5.41) is 12.0. The van der Waals surface area contributed by atoms with Crippen LogP contribution in [0.4, 0.5) is 5.69 Å². The number of para-hydroxylation sites is 1. The summed E-state index contributed by atoms with van der Waals surface area (Å²) in [5.41, 5.74) is 12.1. The van der Waals surface area contributed by atoms with Gasteiger partial charge in [-0.1, -0.05) is 18.2 Å². The fourth-order valence-electron chi connectivity index (χ4n) is 1.94. The van der Waals surface area contributed by atoms with Gasteiger partial charge in [0.15, 0.2) is 0 Å². The minimum Gasteiger partial charge on any atom is -0.480 e. The molecule has 23 heavy (non-hydrogen) atoms. The highest BCUT2D eigenvalue weighted by Crippen LogP contribution is 2.44. The third-order valence-electron chi connectivity index (χ3n) is 3.36. The Morgan fingerprint density at radius 3 is 2.52 bits per heavy atom. The van der Waals surface area contributed by atoms with Crippen molar-refractivity contribution >= 4 is 25.3 Å². The Labute approximate surface area is 134 Å². The van der Waals surface area contributed by atoms with E-state index in [-0.39, 0.29) is 6.42 Å². The van der Waals surface area contributed by atoms with Crippen molar-refractivity contribution in [1.29, 1.82) is 0 Å². The maximum Gasteiger partial charge on any atom is 0.326 e. The second-order valence-electron chi connectivity index (χ2n) is 5.38. The van der Waals surface area contributed by atoms with Crippen molar-refractivity contribution in [3.05, 3.63) is 29.8 Å². The highest BCUT2D eigenvalue weighted by molar-refractivity contribution is 7.58. The van der Waals surface area contributed by atoms with Crippen molar-refractivity contribution in [2.75, 3.05) is 11.5 Å². The van der Waals surface area contributed by atoms with E-state index in [1.807, 2.05) is 0 Å². The van der Waals surface area contributed by atoms with Crippen LogP contribution in [0.1, 0.15) is 12.5 Å². The second-order valence-corrected chi connectivity index (χ2v) is 8.07. The minimum absolute atomic E-state index is 0.225. The standard InChI is InChI=1S/C14H22N3O5P/c1-9(15)23(21,22)8-13(14(19)20)17-12-5-3-2-4-10(12)6-11(16)7-18/h2-5,7,9,11,13,17H,6,8,15-16H2,1H3,(H,19,20)(H,21,22)/t9?,11-,13?/m1/s1. The number of rotatable bonds is 9. The summed E-state index contributed by atoms with van der Waals surface area (Å²) >= 11 is 0. The summed E-state index contributed by atoms with van der Waals surface area (Å²) in [6, 6.07) is 4.74. The monoisotopic (exact) mass is 343 g/mol. The quantitative estimate of drug-likeness (QED) is 0.314. The molecule has 4 atom stereocenters. The highest BCUT2D eigenvalue weighted by Gasteiger charge is 2.32. The topological polar surface area (TPSA) is 156 Å². The fraction of sp³-hybridized carbons (Fsp3) is 0.429. The molecule has 0 heterocycles. The van der Waals surface area contributed by atoms with Gasteiger partial charge in [0.2, 0.25) is 7.37 Å². The first kappa shape index (κ1) is 19.3. The van der Waals surface area contributed by atoms with E-state index in [1.165, 1.54) is 6.92 Å². The zero-order valence-corrected chi connectivity index (χ0v) is 13.6. The van der Waals surface area contributed by atoms with Crippen LogP contribution < -0.4 is 16.8 Å². The van der Waals surface area contributed by atoms with Gasteiger partial charge in [0.25, 0.3) is 0 Å². The number of carbonyl (C=O) groups excluding carboxylic acids is 1. The number of carbonyl (C=O) groups is 2. The molecule has 0 radical (unpaired) electrons. The normalized spacial score (nSPS) is 17.6. The van der Waals surface area contributed by atoms with Gasteiger partial charge < -0.3 is 31.6 Å². The summed E-state index contributed by atoms with van der Waals surface area (Å²) in [6.45, 7) is 1.36. The van der Waals surface area contributed by atoms with Crippen LogP contribution in [0.15, 0.2) is 24.3 Å². The van der Waals surface area contributed by atoms with Crippen LogP contribution in [0.2, 0.25) is 0 Å². The first-order chi connectivity index (χ1) is 10.7. The predicted octanol–water partition coefficient (Wildman–Crippen LogP) is 0.196. The number of carboxylic acid groups (broad SMARTS) is 1. The van der Waals surface area contributed by atoms with Gasteiger partial charge in [-0.2, -0.15) is 0 Å². The summed E-state index contributed by atoms with van der Waals surface area (Å²) in [5.74, 6) is -2.29. The molecule has 1 rings (SSSR count). The number of aliphatic carboxylic acids is 1. The molecule has 8 nitrogen and oxygen atoms in total. The average Bonchev–Trinajstić information content (AvgIpc) is 2.47. The van der Waals surface area contributed by atoms with Crippen molar-refractivity contribution < 1.29 is 24.2 Å². The average molecular weight is 343 g/mol. The third-order valence-corrected chi connectivity index (χ3v) is 5.52. The molecule has 9 heteroatoms. The first-order valence-corrected chi connectivity index (χ1v) is 8.94. The number of nitrogens with one attached hydrogen (secondary N) is 1. The summed E-state index contributed by atoms with van der Waals surface area (Å²) in [7, 11) is -3.81. The van der Waals surface area contributed by atoms with Crippen molar-refractivity contribution in [1.82, 2.24) is 0 Å². The van der Waals surface area contributed by atoms with Gasteiger partial charge in [-0.3, -0.25) is 4.57 Å². The highest BCUT2D eigenvalue weighted by atomic mass is 31.2. The Hall–Kier alpha value is -1.73. The molecule has 0 aliphatic rings. The summed E-state index contributed by atoms with van der Waals surface area (Å²) in [6.07, 6.45) is 0.320. The molecule has 0 aromatic heterocycles. The van der Waals surface area contributed by atoms with Crippen LogP contribution >= 0.6 is 7.37 Å². The summed E-state index contributed by atoms with van der Waals surface area (Å²) < 4.78 is 12.0. The lowest BCUT2D eigenvalue weighted by atomic mass is 10.0. The van der Waals surface area contributed by atoms with Crippen LogP contribution in [0.3, 0.4) is 0 Å². The predicted molar refractivity (Wildman–Crippen MR) is 87.6 cm³/mol. The number of hydrogen-bond donors (Lipinski definition) is 5. The minimum atomic E-state index is -3.81. The number of hydrogen-bond acceptors (Lipinski definition) is 6. The number of anilines is 1. The van der Waals surface area contributed by atoms with Gasteiger partial charge in [0.1, 0.15) is 12.3 Å². The van der Waals surface area contributed by atoms with E-state index in [9.17, 15) is 24.2 Å². The largest absolute Gasteiger partial charge is 0.480 e. The van der Waals surface area contributed by atoms with Crippen molar-refractivity contribution in [3.63, 3.8) is 0 Å². The molecule has 0 saturated carbocycles. The molecule has 7 N–H and O–H groups in total. The molecule has 0 spiro atoms. The van der Waals surface area contributed by atoms with Crippen LogP contribution in [0.5, 0.6) is 0 Å². The molecule has 0 fully saturated rings. The van der Waals surface area contributed by atoms with E-state index in [0.717, 1.165) is 0 Å². The van der Waals surface area contributed by atoms with Gasteiger partial charge in [-0.15, -0.1) is 0 Å². The lowest BCUT2D eigenvalue weighted by Gasteiger charge is -2.23. The van der Waals surface area contributed by atoms with Crippen LogP contribution in [-0.2, 0) is 20.6 Å². The third kappa shape index (κ3) is 5.76. The second kappa shape index (κ2) is 8.21. The van der Waals surface area contributed by atoms with Crippen LogP contribution in [0, 0.1) is 0 Å². The molecule has 1 aromatic rings. The molecule has 0 aliphatic carbocycles. The Balaban J connectivity index is 3.00. The molecule has 3 unspecified atom stereocenters. The molecule has 0 amide bonds. The van der Waals surface area contributed by atoms with Crippen molar-refractivity contribution in [2.45, 2.75) is 31.2 Å². The van der Waals surface area contributed by atoms with Gasteiger partial charge in [0.05, 0.1) is 18.0 Å². The van der Waals surface area contributed by atoms with Gasteiger partial charge >= 0.3 is 5.97 Å². The number of aldehydes is 1. The maximum atomic E-state index is 12.0. The first-order valence-electron chi connectivity index (χ1n) is 7.02. The van der Waals surface area contributed by atoms with E-state index in [1.54, 1.807) is 24.3 Å². The Morgan fingerprint density at radius 1 is 1.39 bits per heavy atom. The molecular weight excluding hydrogens is 321 g/mol. The van der Waals surface area contributed by atoms with Gasteiger partial charge in [-0.25, -0.2) is 4.79 Å². The van der Waals surface area contributed by atoms with Gasteiger partial charge in [-0.05, 0) is 25.0 Å².